The van der Waals surface area contributed by atoms with Crippen LogP contribution in [0.15, 0.2) is 0 Å². The first-order valence-corrected chi connectivity index (χ1v) is 6.89. The molecule has 2 nitrogen and oxygen atoms in total. The lowest BCUT2D eigenvalue weighted by Gasteiger charge is -2.31. The SMILES string of the molecule is CN(CC1CCC(C)(C)C1O)C1CCCC1. The molecule has 2 rings (SSSR count). The van der Waals surface area contributed by atoms with E-state index < -0.39 is 0 Å². The third-order valence-electron chi connectivity index (χ3n) is 4.88. The maximum absolute atomic E-state index is 10.3. The Morgan fingerprint density at radius 2 is 1.81 bits per heavy atom. The van der Waals surface area contributed by atoms with Crippen molar-refractivity contribution in [1.82, 2.24) is 4.90 Å². The Bertz CT molecular complexity index is 233. The Hall–Kier alpha value is -0.0800. The lowest BCUT2D eigenvalue weighted by atomic mass is 9.87. The molecule has 0 aromatic rings. The van der Waals surface area contributed by atoms with Crippen LogP contribution in [0.25, 0.3) is 0 Å². The van der Waals surface area contributed by atoms with Gasteiger partial charge in [0.25, 0.3) is 0 Å². The van der Waals surface area contributed by atoms with Crippen LogP contribution in [0, 0.1) is 11.3 Å². The fourth-order valence-corrected chi connectivity index (χ4v) is 3.56. The molecular formula is C14H27NO. The van der Waals surface area contributed by atoms with Crippen molar-refractivity contribution < 1.29 is 5.11 Å². The van der Waals surface area contributed by atoms with E-state index in [-0.39, 0.29) is 11.5 Å². The average Bonchev–Trinajstić information content (AvgIpc) is 2.82. The maximum Gasteiger partial charge on any atom is 0.0631 e. The van der Waals surface area contributed by atoms with Gasteiger partial charge in [-0.05, 0) is 44.1 Å². The summed E-state index contributed by atoms with van der Waals surface area (Å²) >= 11 is 0. The predicted octanol–water partition coefficient (Wildman–Crippen LogP) is 2.66. The van der Waals surface area contributed by atoms with Crippen LogP contribution < -0.4 is 0 Å². The van der Waals surface area contributed by atoms with E-state index in [1.54, 1.807) is 0 Å². The normalized spacial score (nSPS) is 35.1. The Balaban J connectivity index is 1.85. The molecule has 0 aliphatic heterocycles. The summed E-state index contributed by atoms with van der Waals surface area (Å²) in [6.45, 7) is 5.50. The molecule has 2 aliphatic carbocycles. The second kappa shape index (κ2) is 4.66. The van der Waals surface area contributed by atoms with E-state index in [9.17, 15) is 5.11 Å². The summed E-state index contributed by atoms with van der Waals surface area (Å²) in [5, 5.41) is 10.3. The number of aliphatic hydroxyl groups is 1. The first-order valence-electron chi connectivity index (χ1n) is 6.89. The molecule has 16 heavy (non-hydrogen) atoms. The molecule has 0 amide bonds. The Morgan fingerprint density at radius 1 is 1.19 bits per heavy atom. The van der Waals surface area contributed by atoms with Crippen LogP contribution in [0.3, 0.4) is 0 Å². The monoisotopic (exact) mass is 225 g/mol. The highest BCUT2D eigenvalue weighted by atomic mass is 16.3. The Kier molecular flexibility index (Phi) is 3.60. The topological polar surface area (TPSA) is 23.5 Å². The molecule has 0 heterocycles. The smallest absolute Gasteiger partial charge is 0.0631 e. The summed E-state index contributed by atoms with van der Waals surface area (Å²) in [6.07, 6.45) is 7.80. The largest absolute Gasteiger partial charge is 0.392 e. The van der Waals surface area contributed by atoms with E-state index in [0.29, 0.717) is 5.92 Å². The van der Waals surface area contributed by atoms with Crippen LogP contribution in [0.4, 0.5) is 0 Å². The summed E-state index contributed by atoms with van der Waals surface area (Å²) < 4.78 is 0. The van der Waals surface area contributed by atoms with Gasteiger partial charge in [-0.2, -0.15) is 0 Å². The highest BCUT2D eigenvalue weighted by Crippen LogP contribution is 2.41. The summed E-state index contributed by atoms with van der Waals surface area (Å²) in [6, 6.07) is 0.788. The number of hydrogen-bond acceptors (Lipinski definition) is 2. The summed E-state index contributed by atoms with van der Waals surface area (Å²) in [4.78, 5) is 2.50. The number of rotatable bonds is 3. The van der Waals surface area contributed by atoms with Crippen LogP contribution >= 0.6 is 0 Å². The Labute approximate surface area is 100 Å². The van der Waals surface area contributed by atoms with Crippen molar-refractivity contribution in [2.75, 3.05) is 13.6 Å². The van der Waals surface area contributed by atoms with Gasteiger partial charge in [-0.15, -0.1) is 0 Å². The van der Waals surface area contributed by atoms with Gasteiger partial charge < -0.3 is 10.0 Å². The average molecular weight is 225 g/mol. The van der Waals surface area contributed by atoms with Crippen LogP contribution in [0.1, 0.15) is 52.4 Å². The molecule has 0 saturated heterocycles. The number of nitrogens with zero attached hydrogens (tertiary/aromatic N) is 1. The fourth-order valence-electron chi connectivity index (χ4n) is 3.56. The molecule has 2 unspecified atom stereocenters. The number of aliphatic hydroxyl groups excluding tert-OH is 1. The van der Waals surface area contributed by atoms with E-state index in [2.05, 4.69) is 25.8 Å². The Morgan fingerprint density at radius 3 is 2.31 bits per heavy atom. The third-order valence-corrected chi connectivity index (χ3v) is 4.88. The summed E-state index contributed by atoms with van der Waals surface area (Å²) in [5.41, 5.74) is 0.140. The van der Waals surface area contributed by atoms with Crippen LogP contribution in [0.5, 0.6) is 0 Å². The van der Waals surface area contributed by atoms with Gasteiger partial charge in [0.15, 0.2) is 0 Å². The van der Waals surface area contributed by atoms with Crippen molar-refractivity contribution in [3.05, 3.63) is 0 Å². The maximum atomic E-state index is 10.3. The molecule has 0 aromatic carbocycles. The lowest BCUT2D eigenvalue weighted by Crippen LogP contribution is -2.38. The quantitative estimate of drug-likeness (QED) is 0.798. The molecular weight excluding hydrogens is 198 g/mol. The van der Waals surface area contributed by atoms with E-state index in [0.717, 1.165) is 12.6 Å². The summed E-state index contributed by atoms with van der Waals surface area (Å²) in [7, 11) is 2.24. The van der Waals surface area contributed by atoms with Gasteiger partial charge in [0, 0.05) is 12.6 Å². The van der Waals surface area contributed by atoms with Crippen LogP contribution in [-0.4, -0.2) is 35.7 Å². The molecule has 0 aromatic heterocycles. The zero-order valence-electron chi connectivity index (χ0n) is 11.1. The molecule has 2 fully saturated rings. The van der Waals surface area contributed by atoms with Crippen molar-refractivity contribution >= 4 is 0 Å². The van der Waals surface area contributed by atoms with Gasteiger partial charge >= 0.3 is 0 Å². The molecule has 2 atom stereocenters. The zero-order chi connectivity index (χ0) is 11.8. The molecule has 2 saturated carbocycles. The van der Waals surface area contributed by atoms with Crippen molar-refractivity contribution in [2.24, 2.45) is 11.3 Å². The molecule has 2 heteroatoms. The minimum atomic E-state index is -0.101. The van der Waals surface area contributed by atoms with Gasteiger partial charge in [0.05, 0.1) is 6.10 Å². The van der Waals surface area contributed by atoms with E-state index in [1.165, 1.54) is 38.5 Å². The molecule has 0 radical (unpaired) electrons. The first-order chi connectivity index (χ1) is 7.50. The van der Waals surface area contributed by atoms with Crippen molar-refractivity contribution in [3.63, 3.8) is 0 Å². The van der Waals surface area contributed by atoms with Crippen LogP contribution in [-0.2, 0) is 0 Å². The van der Waals surface area contributed by atoms with Gasteiger partial charge in [-0.1, -0.05) is 26.7 Å². The van der Waals surface area contributed by atoms with Gasteiger partial charge in [0.2, 0.25) is 0 Å². The highest BCUT2D eigenvalue weighted by molar-refractivity contribution is 4.92. The lowest BCUT2D eigenvalue weighted by molar-refractivity contribution is 0.0310. The van der Waals surface area contributed by atoms with Crippen molar-refractivity contribution in [2.45, 2.75) is 64.5 Å². The van der Waals surface area contributed by atoms with E-state index in [1.807, 2.05) is 0 Å². The minimum Gasteiger partial charge on any atom is -0.392 e. The summed E-state index contributed by atoms with van der Waals surface area (Å²) in [5.74, 6) is 0.501. The second-order valence-electron chi connectivity index (χ2n) is 6.61. The zero-order valence-corrected chi connectivity index (χ0v) is 11.1. The molecule has 94 valence electrons. The van der Waals surface area contributed by atoms with Crippen molar-refractivity contribution in [1.29, 1.82) is 0 Å². The van der Waals surface area contributed by atoms with Gasteiger partial charge in [0.1, 0.15) is 0 Å². The van der Waals surface area contributed by atoms with Gasteiger partial charge in [-0.25, -0.2) is 0 Å². The predicted molar refractivity (Wildman–Crippen MR) is 67.4 cm³/mol. The molecule has 2 aliphatic rings. The molecule has 0 spiro atoms. The third kappa shape index (κ3) is 2.43. The second-order valence-corrected chi connectivity index (χ2v) is 6.61. The highest BCUT2D eigenvalue weighted by Gasteiger charge is 2.41. The fraction of sp³-hybridized carbons (Fsp3) is 1.00. The number of hydrogen-bond donors (Lipinski definition) is 1. The minimum absolute atomic E-state index is 0.101. The van der Waals surface area contributed by atoms with E-state index >= 15 is 0 Å². The van der Waals surface area contributed by atoms with Crippen LogP contribution in [0.2, 0.25) is 0 Å². The standard InChI is InChI=1S/C14H27NO/c1-14(2)9-8-11(13(14)16)10-15(3)12-6-4-5-7-12/h11-13,16H,4-10H2,1-3H3. The van der Waals surface area contributed by atoms with E-state index in [4.69, 9.17) is 0 Å². The van der Waals surface area contributed by atoms with Crippen molar-refractivity contribution in [3.8, 4) is 0 Å². The first kappa shape index (κ1) is 12.4. The molecule has 1 N–H and O–H groups in total. The van der Waals surface area contributed by atoms with Gasteiger partial charge in [-0.3, -0.25) is 0 Å². The molecule has 0 bridgehead atoms.